The Labute approximate surface area is 135 Å². The summed E-state index contributed by atoms with van der Waals surface area (Å²) in [7, 11) is 0. The van der Waals surface area contributed by atoms with Gasteiger partial charge in [0.2, 0.25) is 0 Å². The molecule has 124 valence electrons. The molecule has 0 saturated heterocycles. The monoisotopic (exact) mass is 304 g/mol. The lowest BCUT2D eigenvalue weighted by atomic mass is 9.44. The maximum Gasteiger partial charge on any atom is 0.137 e. The van der Waals surface area contributed by atoms with Crippen molar-refractivity contribution in [3.63, 3.8) is 0 Å². The summed E-state index contributed by atoms with van der Waals surface area (Å²) < 4.78 is 0. The molecule has 1 N–H and O–H groups in total. The molecule has 7 atom stereocenters. The maximum absolute atomic E-state index is 13.2. The first-order valence-corrected chi connectivity index (χ1v) is 9.55. The fraction of sp³-hybridized carbons (Fsp3) is 0.950. The number of ketones is 1. The zero-order chi connectivity index (χ0) is 15.8. The highest BCUT2D eigenvalue weighted by Crippen LogP contribution is 2.67. The molecule has 4 aliphatic rings. The summed E-state index contributed by atoms with van der Waals surface area (Å²) in [5.41, 5.74) is -0.570. The number of carbonyl (C=O) groups excluding carboxylic acids is 1. The van der Waals surface area contributed by atoms with Gasteiger partial charge in [-0.3, -0.25) is 4.79 Å². The molecule has 2 nitrogen and oxygen atoms in total. The molecule has 0 amide bonds. The minimum absolute atomic E-state index is 0.177. The van der Waals surface area contributed by atoms with Crippen LogP contribution in [-0.4, -0.2) is 16.5 Å². The molecule has 0 heterocycles. The van der Waals surface area contributed by atoms with Crippen molar-refractivity contribution in [1.29, 1.82) is 0 Å². The third kappa shape index (κ3) is 1.74. The number of aliphatic hydroxyl groups is 1. The van der Waals surface area contributed by atoms with Gasteiger partial charge in [-0.2, -0.15) is 0 Å². The largest absolute Gasteiger partial charge is 0.390 e. The maximum atomic E-state index is 13.2. The highest BCUT2D eigenvalue weighted by atomic mass is 16.3. The van der Waals surface area contributed by atoms with E-state index in [9.17, 15) is 9.90 Å². The van der Waals surface area contributed by atoms with Crippen molar-refractivity contribution in [3.05, 3.63) is 0 Å². The topological polar surface area (TPSA) is 37.3 Å². The predicted octanol–water partition coefficient (Wildman–Crippen LogP) is 4.35. The zero-order valence-electron chi connectivity index (χ0n) is 14.5. The van der Waals surface area contributed by atoms with Crippen molar-refractivity contribution in [2.45, 2.75) is 84.2 Å². The second-order valence-electron chi connectivity index (χ2n) is 9.65. The van der Waals surface area contributed by atoms with Crippen LogP contribution < -0.4 is 0 Å². The van der Waals surface area contributed by atoms with Crippen molar-refractivity contribution < 1.29 is 9.90 Å². The van der Waals surface area contributed by atoms with Gasteiger partial charge >= 0.3 is 0 Å². The van der Waals surface area contributed by atoms with Crippen LogP contribution in [0.4, 0.5) is 0 Å². The van der Waals surface area contributed by atoms with Gasteiger partial charge in [0, 0.05) is 17.8 Å². The summed E-state index contributed by atoms with van der Waals surface area (Å²) >= 11 is 0. The molecule has 4 saturated carbocycles. The van der Waals surface area contributed by atoms with Crippen LogP contribution in [0.3, 0.4) is 0 Å². The molecule has 0 spiro atoms. The van der Waals surface area contributed by atoms with Gasteiger partial charge < -0.3 is 5.11 Å². The van der Waals surface area contributed by atoms with E-state index in [-0.39, 0.29) is 10.8 Å². The summed E-state index contributed by atoms with van der Waals surface area (Å²) in [6, 6.07) is 0. The summed E-state index contributed by atoms with van der Waals surface area (Å²) in [5.74, 6) is 2.65. The smallest absolute Gasteiger partial charge is 0.137 e. The van der Waals surface area contributed by atoms with E-state index in [1.807, 2.05) is 6.92 Å². The minimum atomic E-state index is -0.650. The molecule has 0 bridgehead atoms. The average molecular weight is 304 g/mol. The highest BCUT2D eigenvalue weighted by molar-refractivity contribution is 5.84. The molecular weight excluding hydrogens is 272 g/mol. The fourth-order valence-corrected chi connectivity index (χ4v) is 7.32. The van der Waals surface area contributed by atoms with Crippen LogP contribution in [0.2, 0.25) is 0 Å². The first-order valence-electron chi connectivity index (χ1n) is 9.55. The third-order valence-electron chi connectivity index (χ3n) is 8.83. The SMILES string of the molecule is C[C@]12CCCC[C@H]1CC[C@@H]1[C@@H]2C(=O)C[C@@]2(C)[C@H]1CC[C@@]2(C)O. The van der Waals surface area contributed by atoms with Gasteiger partial charge in [0.15, 0.2) is 0 Å². The lowest BCUT2D eigenvalue weighted by Gasteiger charge is -2.60. The Kier molecular flexibility index (Phi) is 3.16. The van der Waals surface area contributed by atoms with Crippen LogP contribution >= 0.6 is 0 Å². The first-order chi connectivity index (χ1) is 10.3. The normalized spacial score (nSPS) is 57.9. The van der Waals surface area contributed by atoms with Gasteiger partial charge in [-0.05, 0) is 68.6 Å². The quantitative estimate of drug-likeness (QED) is 0.722. The molecule has 0 aromatic rings. The molecule has 22 heavy (non-hydrogen) atoms. The molecule has 0 aromatic heterocycles. The predicted molar refractivity (Wildman–Crippen MR) is 87.4 cm³/mol. The van der Waals surface area contributed by atoms with E-state index in [1.54, 1.807) is 0 Å². The van der Waals surface area contributed by atoms with Crippen LogP contribution in [0, 0.1) is 34.5 Å². The second kappa shape index (κ2) is 4.59. The Bertz CT molecular complexity index is 496. The van der Waals surface area contributed by atoms with E-state index in [4.69, 9.17) is 0 Å². The van der Waals surface area contributed by atoms with Gasteiger partial charge in [0.25, 0.3) is 0 Å². The summed E-state index contributed by atoms with van der Waals surface area (Å²) in [5, 5.41) is 10.9. The van der Waals surface area contributed by atoms with Crippen molar-refractivity contribution in [2.24, 2.45) is 34.5 Å². The standard InChI is InChI=1S/C20H32O2/c1-18-10-5-4-6-13(18)7-8-14-15-9-11-20(3,22)19(15,2)12-16(21)17(14)18/h13-15,17,22H,4-12H2,1-3H3/t13-,14-,15-,17+,18-,19-,20+/m0/s1. The van der Waals surface area contributed by atoms with Crippen molar-refractivity contribution in [1.82, 2.24) is 0 Å². The van der Waals surface area contributed by atoms with Crippen LogP contribution in [0.15, 0.2) is 0 Å². The molecule has 0 aliphatic heterocycles. The van der Waals surface area contributed by atoms with E-state index in [2.05, 4.69) is 13.8 Å². The number of rotatable bonds is 0. The molecule has 4 rings (SSSR count). The summed E-state index contributed by atoms with van der Waals surface area (Å²) in [4.78, 5) is 13.2. The van der Waals surface area contributed by atoms with Gasteiger partial charge in [0.05, 0.1) is 5.60 Å². The van der Waals surface area contributed by atoms with Gasteiger partial charge in [-0.15, -0.1) is 0 Å². The van der Waals surface area contributed by atoms with Crippen molar-refractivity contribution >= 4 is 5.78 Å². The van der Waals surface area contributed by atoms with E-state index in [0.29, 0.717) is 30.0 Å². The number of carbonyl (C=O) groups is 1. The third-order valence-corrected chi connectivity index (χ3v) is 8.83. The number of hydrogen-bond donors (Lipinski definition) is 1. The average Bonchev–Trinajstić information content (AvgIpc) is 2.68. The fourth-order valence-electron chi connectivity index (χ4n) is 7.32. The van der Waals surface area contributed by atoms with Gasteiger partial charge in [-0.1, -0.05) is 26.7 Å². The highest BCUT2D eigenvalue weighted by Gasteiger charge is 2.65. The number of Topliss-reactive ketones (excluding diaryl/α,β-unsaturated/α-hetero) is 1. The van der Waals surface area contributed by atoms with Crippen LogP contribution in [0.1, 0.15) is 78.6 Å². The van der Waals surface area contributed by atoms with Crippen molar-refractivity contribution in [3.8, 4) is 0 Å². The lowest BCUT2D eigenvalue weighted by Crippen LogP contribution is -2.59. The Morgan fingerprint density at radius 1 is 1.00 bits per heavy atom. The van der Waals surface area contributed by atoms with E-state index in [0.717, 1.165) is 18.8 Å². The Hall–Kier alpha value is -0.370. The summed E-state index contributed by atoms with van der Waals surface area (Å²) in [6.45, 7) is 6.62. The van der Waals surface area contributed by atoms with Crippen molar-refractivity contribution in [2.75, 3.05) is 0 Å². The molecule has 0 radical (unpaired) electrons. The van der Waals surface area contributed by atoms with E-state index >= 15 is 0 Å². The molecule has 0 unspecified atom stereocenters. The molecule has 4 aliphatic carbocycles. The molecular formula is C20H32O2. The second-order valence-corrected chi connectivity index (χ2v) is 9.65. The minimum Gasteiger partial charge on any atom is -0.390 e. The summed E-state index contributed by atoms with van der Waals surface area (Å²) in [6.07, 6.45) is 10.4. The molecule has 4 fully saturated rings. The number of fused-ring (bicyclic) bond motifs is 5. The Morgan fingerprint density at radius 2 is 1.77 bits per heavy atom. The lowest BCUT2D eigenvalue weighted by molar-refractivity contribution is -0.168. The van der Waals surface area contributed by atoms with Crippen LogP contribution in [0.25, 0.3) is 0 Å². The van der Waals surface area contributed by atoms with E-state index in [1.165, 1.54) is 38.5 Å². The van der Waals surface area contributed by atoms with Crippen LogP contribution in [0.5, 0.6) is 0 Å². The van der Waals surface area contributed by atoms with Gasteiger partial charge in [-0.25, -0.2) is 0 Å². The van der Waals surface area contributed by atoms with Crippen LogP contribution in [-0.2, 0) is 4.79 Å². The molecule has 0 aromatic carbocycles. The zero-order valence-corrected chi connectivity index (χ0v) is 14.5. The molecule has 2 heteroatoms. The Morgan fingerprint density at radius 3 is 2.55 bits per heavy atom. The van der Waals surface area contributed by atoms with E-state index < -0.39 is 5.60 Å². The first kappa shape index (κ1) is 15.2. The van der Waals surface area contributed by atoms with Gasteiger partial charge in [0.1, 0.15) is 5.78 Å². The Balaban J connectivity index is 1.73. The number of hydrogen-bond acceptors (Lipinski definition) is 2.